The molecule has 0 aliphatic carbocycles. The second kappa shape index (κ2) is 5.64. The van der Waals surface area contributed by atoms with Gasteiger partial charge in [0.15, 0.2) is 11.0 Å². The van der Waals surface area contributed by atoms with Crippen molar-refractivity contribution in [3.8, 4) is 0 Å². The van der Waals surface area contributed by atoms with E-state index in [-0.39, 0.29) is 0 Å². The zero-order chi connectivity index (χ0) is 12.1. The first-order chi connectivity index (χ1) is 8.27. The second-order valence-electron chi connectivity index (χ2n) is 3.83. The van der Waals surface area contributed by atoms with Gasteiger partial charge in [-0.25, -0.2) is 9.97 Å². The molecule has 1 heterocycles. The molecule has 0 radical (unpaired) electrons. The Morgan fingerprint density at radius 2 is 1.82 bits per heavy atom. The van der Waals surface area contributed by atoms with Gasteiger partial charge in [0.2, 0.25) is 0 Å². The minimum absolute atomic E-state index is 0.447. The molecule has 2 aromatic rings. The van der Waals surface area contributed by atoms with Crippen molar-refractivity contribution in [1.29, 1.82) is 0 Å². The molecule has 0 saturated heterocycles. The highest BCUT2D eigenvalue weighted by Gasteiger charge is 2.07. The fourth-order valence-corrected chi connectivity index (χ4v) is 1.87. The molecule has 17 heavy (non-hydrogen) atoms. The number of hydrogen-bond acceptors (Lipinski definition) is 3. The molecule has 0 fully saturated rings. The molecule has 1 aromatic heterocycles. The van der Waals surface area contributed by atoms with Crippen molar-refractivity contribution in [3.63, 3.8) is 0 Å². The number of hydrogen-bond donors (Lipinski definition) is 0. The van der Waals surface area contributed by atoms with Crippen molar-refractivity contribution >= 4 is 17.4 Å². The maximum atomic E-state index is 5.99. The van der Waals surface area contributed by atoms with E-state index in [0.29, 0.717) is 5.15 Å². The zero-order valence-electron chi connectivity index (χ0n) is 9.68. The van der Waals surface area contributed by atoms with E-state index in [4.69, 9.17) is 11.6 Å². The molecule has 1 aromatic carbocycles. The first kappa shape index (κ1) is 11.9. The van der Waals surface area contributed by atoms with Crippen LogP contribution in [-0.4, -0.2) is 23.6 Å². The Balaban J connectivity index is 1.99. The van der Waals surface area contributed by atoms with E-state index in [1.54, 1.807) is 12.4 Å². The first-order valence-electron chi connectivity index (χ1n) is 5.49. The van der Waals surface area contributed by atoms with Gasteiger partial charge in [-0.1, -0.05) is 41.9 Å². The third-order valence-corrected chi connectivity index (χ3v) is 2.84. The van der Waals surface area contributed by atoms with E-state index in [1.807, 2.05) is 30.1 Å². The fraction of sp³-hybridized carbons (Fsp3) is 0.231. The maximum Gasteiger partial charge on any atom is 0.171 e. The van der Waals surface area contributed by atoms with Gasteiger partial charge in [0.05, 0.1) is 0 Å². The Morgan fingerprint density at radius 3 is 2.53 bits per heavy atom. The van der Waals surface area contributed by atoms with Gasteiger partial charge in [-0.15, -0.1) is 0 Å². The van der Waals surface area contributed by atoms with E-state index in [2.05, 4.69) is 22.1 Å². The zero-order valence-corrected chi connectivity index (χ0v) is 10.4. The smallest absolute Gasteiger partial charge is 0.171 e. The summed E-state index contributed by atoms with van der Waals surface area (Å²) in [6.45, 7) is 0.864. The van der Waals surface area contributed by atoms with E-state index in [9.17, 15) is 0 Å². The summed E-state index contributed by atoms with van der Waals surface area (Å²) < 4.78 is 0. The molecular weight excluding hydrogens is 234 g/mol. The predicted molar refractivity (Wildman–Crippen MR) is 70.5 cm³/mol. The molecule has 0 saturated carbocycles. The maximum absolute atomic E-state index is 5.99. The molecule has 2 rings (SSSR count). The van der Waals surface area contributed by atoms with Crippen molar-refractivity contribution < 1.29 is 0 Å². The van der Waals surface area contributed by atoms with E-state index < -0.39 is 0 Å². The van der Waals surface area contributed by atoms with Crippen LogP contribution in [0.4, 0.5) is 5.82 Å². The molecule has 0 N–H and O–H groups in total. The first-order valence-corrected chi connectivity index (χ1v) is 5.87. The van der Waals surface area contributed by atoms with Crippen LogP contribution in [0.2, 0.25) is 5.15 Å². The van der Waals surface area contributed by atoms with Gasteiger partial charge >= 0.3 is 0 Å². The average Bonchev–Trinajstić information content (AvgIpc) is 2.38. The molecule has 0 aliphatic heterocycles. The molecule has 0 unspecified atom stereocenters. The summed E-state index contributed by atoms with van der Waals surface area (Å²) in [4.78, 5) is 10.3. The lowest BCUT2D eigenvalue weighted by Crippen LogP contribution is -2.21. The molecular formula is C13H14ClN3. The minimum atomic E-state index is 0.447. The molecule has 0 bridgehead atoms. The van der Waals surface area contributed by atoms with Gasteiger partial charge in [-0.3, -0.25) is 0 Å². The number of anilines is 1. The Labute approximate surface area is 106 Å². The monoisotopic (exact) mass is 247 g/mol. The van der Waals surface area contributed by atoms with Crippen molar-refractivity contribution in [2.75, 3.05) is 18.5 Å². The molecule has 88 valence electrons. The summed E-state index contributed by atoms with van der Waals surface area (Å²) in [5.74, 6) is 0.727. The number of halogens is 1. The van der Waals surface area contributed by atoms with Crippen LogP contribution in [-0.2, 0) is 6.42 Å². The van der Waals surface area contributed by atoms with Crippen LogP contribution in [0.25, 0.3) is 0 Å². The Hall–Kier alpha value is -1.61. The van der Waals surface area contributed by atoms with Crippen LogP contribution in [0.1, 0.15) is 5.56 Å². The lowest BCUT2D eigenvalue weighted by atomic mass is 10.1. The number of nitrogens with zero attached hydrogens (tertiary/aromatic N) is 3. The SMILES string of the molecule is CN(CCc1ccccc1)c1nccnc1Cl. The third-order valence-electron chi connectivity index (χ3n) is 2.58. The van der Waals surface area contributed by atoms with Gasteiger partial charge in [-0.2, -0.15) is 0 Å². The Morgan fingerprint density at radius 1 is 1.12 bits per heavy atom. The van der Waals surface area contributed by atoms with Crippen LogP contribution in [0.5, 0.6) is 0 Å². The topological polar surface area (TPSA) is 29.0 Å². The fourth-order valence-electron chi connectivity index (χ4n) is 1.62. The van der Waals surface area contributed by atoms with E-state index in [0.717, 1.165) is 18.8 Å². The van der Waals surface area contributed by atoms with Crippen LogP contribution in [0.15, 0.2) is 42.7 Å². The summed E-state index contributed by atoms with van der Waals surface area (Å²) in [5.41, 5.74) is 1.30. The van der Waals surface area contributed by atoms with Crippen LogP contribution in [0.3, 0.4) is 0 Å². The average molecular weight is 248 g/mol. The van der Waals surface area contributed by atoms with Gasteiger partial charge < -0.3 is 4.90 Å². The summed E-state index contributed by atoms with van der Waals surface area (Å²) in [7, 11) is 1.97. The lowest BCUT2D eigenvalue weighted by Gasteiger charge is -2.18. The van der Waals surface area contributed by atoms with E-state index >= 15 is 0 Å². The minimum Gasteiger partial charge on any atom is -0.357 e. The van der Waals surface area contributed by atoms with E-state index in [1.165, 1.54) is 5.56 Å². The highest BCUT2D eigenvalue weighted by molar-refractivity contribution is 6.31. The van der Waals surface area contributed by atoms with Crippen LogP contribution in [0, 0.1) is 0 Å². The van der Waals surface area contributed by atoms with Gasteiger partial charge in [0, 0.05) is 26.0 Å². The molecule has 0 aliphatic rings. The quantitative estimate of drug-likeness (QED) is 0.832. The summed E-state index contributed by atoms with van der Waals surface area (Å²) in [5, 5.41) is 0.447. The molecule has 0 atom stereocenters. The van der Waals surface area contributed by atoms with Gasteiger partial charge in [0.25, 0.3) is 0 Å². The predicted octanol–water partition coefficient (Wildman–Crippen LogP) is 2.81. The highest BCUT2D eigenvalue weighted by Crippen LogP contribution is 2.18. The van der Waals surface area contributed by atoms with Crippen molar-refractivity contribution in [3.05, 3.63) is 53.4 Å². The molecule has 4 heteroatoms. The Bertz CT molecular complexity index is 473. The number of benzene rings is 1. The molecule has 0 amide bonds. The third kappa shape index (κ3) is 3.17. The van der Waals surface area contributed by atoms with Crippen molar-refractivity contribution in [2.24, 2.45) is 0 Å². The summed E-state index contributed by atoms with van der Waals surface area (Å²) in [6.07, 6.45) is 4.21. The highest BCUT2D eigenvalue weighted by atomic mass is 35.5. The number of aromatic nitrogens is 2. The van der Waals surface area contributed by atoms with Crippen molar-refractivity contribution in [1.82, 2.24) is 9.97 Å². The lowest BCUT2D eigenvalue weighted by molar-refractivity contribution is 0.855. The van der Waals surface area contributed by atoms with Gasteiger partial charge in [0.1, 0.15) is 0 Å². The second-order valence-corrected chi connectivity index (χ2v) is 4.19. The van der Waals surface area contributed by atoms with Crippen LogP contribution < -0.4 is 4.90 Å². The number of likely N-dealkylation sites (N-methyl/N-ethyl adjacent to an activating group) is 1. The Kier molecular flexibility index (Phi) is 3.94. The standard InChI is InChI=1S/C13H14ClN3/c1-17(13-12(14)15-8-9-16-13)10-7-11-5-3-2-4-6-11/h2-6,8-9H,7,10H2,1H3. The molecule has 3 nitrogen and oxygen atoms in total. The largest absolute Gasteiger partial charge is 0.357 e. The van der Waals surface area contributed by atoms with Crippen molar-refractivity contribution in [2.45, 2.75) is 6.42 Å². The molecule has 0 spiro atoms. The summed E-state index contributed by atoms with van der Waals surface area (Å²) >= 11 is 5.99. The summed E-state index contributed by atoms with van der Waals surface area (Å²) in [6, 6.07) is 10.3. The number of rotatable bonds is 4. The van der Waals surface area contributed by atoms with Gasteiger partial charge in [-0.05, 0) is 12.0 Å². The normalized spacial score (nSPS) is 10.2. The van der Waals surface area contributed by atoms with Crippen LogP contribution >= 0.6 is 11.6 Å².